The maximum absolute atomic E-state index is 6.30. The number of rotatable bonds is 5. The van der Waals surface area contributed by atoms with Gasteiger partial charge in [0.05, 0.1) is 0 Å². The van der Waals surface area contributed by atoms with Crippen LogP contribution < -0.4 is 5.32 Å². The van der Waals surface area contributed by atoms with E-state index in [0.717, 1.165) is 18.0 Å². The molecular weight excluding hydrogens is 369 g/mol. The van der Waals surface area contributed by atoms with Gasteiger partial charge in [-0.3, -0.25) is 0 Å². The summed E-state index contributed by atoms with van der Waals surface area (Å²) in [5.41, 5.74) is 2.50. The van der Waals surface area contributed by atoms with E-state index in [9.17, 15) is 0 Å². The van der Waals surface area contributed by atoms with Gasteiger partial charge in [-0.05, 0) is 64.9 Å². The summed E-state index contributed by atoms with van der Waals surface area (Å²) in [4.78, 5) is 0. The molecule has 0 spiro atoms. The number of nitrogens with one attached hydrogen (secondary N) is 1. The smallest absolute Gasteiger partial charge is 0.0453 e. The molecule has 0 saturated heterocycles. The molecule has 100 valence electrons. The third kappa shape index (κ3) is 4.20. The first-order valence-electron chi connectivity index (χ1n) is 6.43. The fraction of sp³-hybridized carbons (Fsp3) is 0.250. The quantitative estimate of drug-likeness (QED) is 0.726. The van der Waals surface area contributed by atoms with Crippen LogP contribution in [0.15, 0.2) is 48.5 Å². The van der Waals surface area contributed by atoms with E-state index in [1.165, 1.54) is 14.7 Å². The van der Waals surface area contributed by atoms with E-state index < -0.39 is 0 Å². The summed E-state index contributed by atoms with van der Waals surface area (Å²) < 4.78 is 1.26. The van der Waals surface area contributed by atoms with Crippen LogP contribution in [0.4, 0.5) is 0 Å². The normalized spacial score (nSPS) is 12.4. The number of halogens is 2. The van der Waals surface area contributed by atoms with Gasteiger partial charge in [0, 0.05) is 14.6 Å². The van der Waals surface area contributed by atoms with Crippen LogP contribution in [0.5, 0.6) is 0 Å². The Morgan fingerprint density at radius 3 is 2.42 bits per heavy atom. The van der Waals surface area contributed by atoms with E-state index in [0.29, 0.717) is 0 Å². The minimum absolute atomic E-state index is 0.263. The van der Waals surface area contributed by atoms with E-state index >= 15 is 0 Å². The van der Waals surface area contributed by atoms with Gasteiger partial charge in [0.15, 0.2) is 0 Å². The van der Waals surface area contributed by atoms with Crippen molar-refractivity contribution in [3.63, 3.8) is 0 Å². The average Bonchev–Trinajstić information content (AvgIpc) is 2.41. The molecule has 0 heterocycles. The monoisotopic (exact) mass is 385 g/mol. The summed E-state index contributed by atoms with van der Waals surface area (Å²) in [7, 11) is 0. The lowest BCUT2D eigenvalue weighted by Crippen LogP contribution is -2.23. The molecule has 0 bridgehead atoms. The summed E-state index contributed by atoms with van der Waals surface area (Å²) in [6.07, 6.45) is 0.953. The zero-order chi connectivity index (χ0) is 13.7. The molecule has 0 amide bonds. The van der Waals surface area contributed by atoms with Crippen molar-refractivity contribution in [2.75, 3.05) is 6.54 Å². The second kappa shape index (κ2) is 7.27. The van der Waals surface area contributed by atoms with E-state index in [2.05, 4.69) is 65.2 Å². The first-order valence-corrected chi connectivity index (χ1v) is 7.88. The third-order valence-electron chi connectivity index (χ3n) is 3.08. The predicted octanol–water partition coefficient (Wildman–Crippen LogP) is 4.84. The fourth-order valence-corrected chi connectivity index (χ4v) is 2.78. The maximum Gasteiger partial charge on any atom is 0.0453 e. The summed E-state index contributed by atoms with van der Waals surface area (Å²) >= 11 is 8.63. The average molecular weight is 386 g/mol. The largest absolute Gasteiger partial charge is 0.310 e. The number of hydrogen-bond donors (Lipinski definition) is 1. The van der Waals surface area contributed by atoms with E-state index in [1.54, 1.807) is 0 Å². The Morgan fingerprint density at radius 1 is 1.11 bits per heavy atom. The Kier molecular flexibility index (Phi) is 5.67. The SMILES string of the molecule is CCNC(Cc1ccc(I)cc1)c1ccccc1Cl. The molecule has 19 heavy (non-hydrogen) atoms. The lowest BCUT2D eigenvalue weighted by molar-refractivity contribution is 0.550. The number of likely N-dealkylation sites (N-methyl/N-ethyl adjacent to an activating group) is 1. The molecule has 0 fully saturated rings. The molecule has 2 aromatic rings. The van der Waals surface area contributed by atoms with E-state index in [1.807, 2.05) is 18.2 Å². The van der Waals surface area contributed by atoms with Gasteiger partial charge < -0.3 is 5.32 Å². The zero-order valence-electron chi connectivity index (χ0n) is 10.9. The Morgan fingerprint density at radius 2 is 1.79 bits per heavy atom. The van der Waals surface area contributed by atoms with Crippen LogP contribution in [0.1, 0.15) is 24.1 Å². The van der Waals surface area contributed by atoms with Gasteiger partial charge in [-0.2, -0.15) is 0 Å². The second-order valence-electron chi connectivity index (χ2n) is 4.46. The topological polar surface area (TPSA) is 12.0 Å². The summed E-state index contributed by atoms with van der Waals surface area (Å²) in [5.74, 6) is 0. The Bertz CT molecular complexity index is 525. The highest BCUT2D eigenvalue weighted by atomic mass is 127. The predicted molar refractivity (Wildman–Crippen MR) is 90.7 cm³/mol. The van der Waals surface area contributed by atoms with Crippen molar-refractivity contribution in [3.05, 3.63) is 68.3 Å². The minimum atomic E-state index is 0.263. The van der Waals surface area contributed by atoms with Crippen LogP contribution in [0.2, 0.25) is 5.02 Å². The van der Waals surface area contributed by atoms with Crippen molar-refractivity contribution in [3.8, 4) is 0 Å². The molecule has 1 atom stereocenters. The molecular formula is C16H17ClIN. The molecule has 3 heteroatoms. The third-order valence-corrected chi connectivity index (χ3v) is 4.15. The summed E-state index contributed by atoms with van der Waals surface area (Å²) in [6, 6.07) is 17.0. The van der Waals surface area contributed by atoms with Gasteiger partial charge in [0.1, 0.15) is 0 Å². The summed E-state index contributed by atoms with van der Waals surface area (Å²) in [5, 5.41) is 4.35. The molecule has 0 aliphatic heterocycles. The molecule has 2 aromatic carbocycles. The van der Waals surface area contributed by atoms with E-state index in [-0.39, 0.29) is 6.04 Å². The molecule has 1 nitrogen and oxygen atoms in total. The van der Waals surface area contributed by atoms with Crippen LogP contribution in [-0.4, -0.2) is 6.54 Å². The first kappa shape index (κ1) is 14.8. The van der Waals surface area contributed by atoms with Crippen molar-refractivity contribution in [1.29, 1.82) is 0 Å². The Hall–Kier alpha value is -0.580. The molecule has 1 unspecified atom stereocenters. The number of benzene rings is 2. The van der Waals surface area contributed by atoms with Crippen LogP contribution >= 0.6 is 34.2 Å². The van der Waals surface area contributed by atoms with Crippen LogP contribution in [0.25, 0.3) is 0 Å². The first-order chi connectivity index (χ1) is 9.20. The standard InChI is InChI=1S/C16H17ClIN/c1-2-19-16(14-5-3-4-6-15(14)17)11-12-7-9-13(18)10-8-12/h3-10,16,19H,2,11H2,1H3. The second-order valence-corrected chi connectivity index (χ2v) is 6.12. The van der Waals surface area contributed by atoms with Gasteiger partial charge in [0.25, 0.3) is 0 Å². The van der Waals surface area contributed by atoms with Crippen molar-refractivity contribution >= 4 is 34.2 Å². The molecule has 0 aromatic heterocycles. The van der Waals surface area contributed by atoms with Crippen molar-refractivity contribution in [1.82, 2.24) is 5.32 Å². The fourth-order valence-electron chi connectivity index (χ4n) is 2.15. The van der Waals surface area contributed by atoms with E-state index in [4.69, 9.17) is 11.6 Å². The Labute approximate surface area is 133 Å². The summed E-state index contributed by atoms with van der Waals surface area (Å²) in [6.45, 7) is 3.05. The molecule has 0 aliphatic rings. The van der Waals surface area contributed by atoms with Crippen molar-refractivity contribution in [2.24, 2.45) is 0 Å². The van der Waals surface area contributed by atoms with Crippen LogP contribution in [0, 0.1) is 3.57 Å². The molecule has 0 radical (unpaired) electrons. The van der Waals surface area contributed by atoms with Gasteiger partial charge in [-0.1, -0.05) is 48.9 Å². The van der Waals surface area contributed by atoms with Crippen LogP contribution in [-0.2, 0) is 6.42 Å². The number of hydrogen-bond acceptors (Lipinski definition) is 1. The molecule has 0 aliphatic carbocycles. The van der Waals surface area contributed by atoms with Crippen LogP contribution in [0.3, 0.4) is 0 Å². The maximum atomic E-state index is 6.30. The lowest BCUT2D eigenvalue weighted by atomic mass is 9.99. The zero-order valence-corrected chi connectivity index (χ0v) is 13.8. The van der Waals surface area contributed by atoms with Gasteiger partial charge in [-0.15, -0.1) is 0 Å². The van der Waals surface area contributed by atoms with Crippen molar-refractivity contribution < 1.29 is 0 Å². The highest BCUT2D eigenvalue weighted by molar-refractivity contribution is 14.1. The van der Waals surface area contributed by atoms with Crippen molar-refractivity contribution in [2.45, 2.75) is 19.4 Å². The lowest BCUT2D eigenvalue weighted by Gasteiger charge is -2.19. The molecule has 2 rings (SSSR count). The van der Waals surface area contributed by atoms with Gasteiger partial charge in [0.2, 0.25) is 0 Å². The highest BCUT2D eigenvalue weighted by Gasteiger charge is 2.13. The minimum Gasteiger partial charge on any atom is -0.310 e. The Balaban J connectivity index is 2.21. The molecule has 0 saturated carbocycles. The van der Waals surface area contributed by atoms with Gasteiger partial charge >= 0.3 is 0 Å². The van der Waals surface area contributed by atoms with Gasteiger partial charge in [-0.25, -0.2) is 0 Å². The highest BCUT2D eigenvalue weighted by Crippen LogP contribution is 2.25. The molecule has 1 N–H and O–H groups in total.